The fourth-order valence-electron chi connectivity index (χ4n) is 0.554. The van der Waals surface area contributed by atoms with Crippen molar-refractivity contribution in [3.63, 3.8) is 0 Å². The van der Waals surface area contributed by atoms with Crippen LogP contribution in [0.5, 0.6) is 0 Å². The van der Waals surface area contributed by atoms with Gasteiger partial charge in [0.25, 0.3) is 0 Å². The van der Waals surface area contributed by atoms with Crippen LogP contribution in [0.1, 0.15) is 33.1 Å². The second-order valence-electron chi connectivity index (χ2n) is 1.91. The summed E-state index contributed by atoms with van der Waals surface area (Å²) in [5.41, 5.74) is 0. The van der Waals surface area contributed by atoms with E-state index < -0.39 is 0 Å². The molecule has 0 aliphatic carbocycles. The van der Waals surface area contributed by atoms with E-state index in [0.717, 1.165) is 17.6 Å². The molecule has 0 amide bonds. The molecule has 9 heavy (non-hydrogen) atoms. The van der Waals surface area contributed by atoms with E-state index in [-0.39, 0.29) is 0 Å². The van der Waals surface area contributed by atoms with Gasteiger partial charge < -0.3 is 0 Å². The van der Waals surface area contributed by atoms with Crippen molar-refractivity contribution in [3.8, 4) is 0 Å². The maximum atomic E-state index is 5.20. The molecule has 0 N–H and O–H groups in total. The van der Waals surface area contributed by atoms with Gasteiger partial charge in [0, 0.05) is 0 Å². The molecule has 54 valence electrons. The molecule has 0 bridgehead atoms. The van der Waals surface area contributed by atoms with Crippen LogP contribution in [0, 0.1) is 0 Å². The second-order valence-corrected chi connectivity index (χ2v) is 2.86. The molecule has 0 aromatic carbocycles. The fourth-order valence-corrected chi connectivity index (χ4v) is 1.10. The number of hydrogen-bond donors (Lipinski definition) is 0. The summed E-state index contributed by atoms with van der Waals surface area (Å²) in [6, 6.07) is 0. The van der Waals surface area contributed by atoms with Crippen molar-refractivity contribution >= 4 is 20.2 Å². The second kappa shape index (κ2) is 6.31. The molecule has 0 aliphatic rings. The van der Waals surface area contributed by atoms with Gasteiger partial charge in [-0.3, -0.25) is 0 Å². The Balaban J connectivity index is 3.06. The molecule has 0 rings (SSSR count). The van der Waals surface area contributed by atoms with Gasteiger partial charge in [-0.15, -0.1) is 0 Å². The van der Waals surface area contributed by atoms with Crippen LogP contribution >= 0.6 is 0 Å². The standard InChI is InChI=1S/C7H14OSe/c1-3-5-6-7(9)8-4-2/h3-6H2,1-2H3. The Kier molecular flexibility index (Phi) is 6.44. The van der Waals surface area contributed by atoms with Gasteiger partial charge in [-0.1, -0.05) is 0 Å². The van der Waals surface area contributed by atoms with Crippen LogP contribution in [-0.4, -0.2) is 26.8 Å². The summed E-state index contributed by atoms with van der Waals surface area (Å²) in [6.45, 7) is 4.97. The van der Waals surface area contributed by atoms with E-state index in [2.05, 4.69) is 22.5 Å². The summed E-state index contributed by atoms with van der Waals surface area (Å²) < 4.78 is 6.26. The van der Waals surface area contributed by atoms with Crippen molar-refractivity contribution in [3.05, 3.63) is 0 Å². The van der Waals surface area contributed by atoms with E-state index in [1.54, 1.807) is 0 Å². The van der Waals surface area contributed by atoms with Crippen molar-refractivity contribution in [1.29, 1.82) is 0 Å². The Morgan fingerprint density at radius 3 is 2.56 bits per heavy atom. The molecule has 0 aliphatic heterocycles. The van der Waals surface area contributed by atoms with Crippen molar-refractivity contribution in [2.24, 2.45) is 0 Å². The zero-order valence-corrected chi connectivity index (χ0v) is 7.86. The first kappa shape index (κ1) is 9.19. The van der Waals surface area contributed by atoms with Gasteiger partial charge in [0.15, 0.2) is 0 Å². The Morgan fingerprint density at radius 2 is 2.11 bits per heavy atom. The van der Waals surface area contributed by atoms with Crippen LogP contribution < -0.4 is 0 Å². The first-order valence-electron chi connectivity index (χ1n) is 3.46. The van der Waals surface area contributed by atoms with E-state index in [0.29, 0.717) is 0 Å². The SMILES string of the molecule is CCCCC(=[Se])OCC. The minimum absolute atomic E-state index is 0.784. The molecule has 2 heteroatoms. The van der Waals surface area contributed by atoms with Crippen LogP contribution in [0.25, 0.3) is 0 Å². The number of ether oxygens (including phenoxy) is 1. The Bertz CT molecular complexity index is 81.0. The Labute approximate surface area is 65.1 Å². The van der Waals surface area contributed by atoms with Gasteiger partial charge in [0.2, 0.25) is 0 Å². The van der Waals surface area contributed by atoms with Gasteiger partial charge in [0.1, 0.15) is 0 Å². The number of unbranched alkanes of at least 4 members (excludes halogenated alkanes) is 1. The van der Waals surface area contributed by atoms with Crippen LogP contribution in [0.15, 0.2) is 0 Å². The fraction of sp³-hybridized carbons (Fsp3) is 0.857. The van der Waals surface area contributed by atoms with Crippen LogP contribution in [0.4, 0.5) is 0 Å². The number of hydrogen-bond acceptors (Lipinski definition) is 1. The van der Waals surface area contributed by atoms with Crippen molar-refractivity contribution in [2.75, 3.05) is 6.61 Å². The molecule has 0 unspecified atom stereocenters. The molecule has 0 aromatic rings. The average molecular weight is 193 g/mol. The zero-order valence-electron chi connectivity index (χ0n) is 6.14. The molecule has 0 saturated heterocycles. The van der Waals surface area contributed by atoms with Crippen molar-refractivity contribution < 1.29 is 4.74 Å². The first-order chi connectivity index (χ1) is 4.31. The third-order valence-electron chi connectivity index (χ3n) is 1.04. The molecular formula is C7H14OSe. The van der Waals surface area contributed by atoms with E-state index in [1.165, 1.54) is 12.8 Å². The van der Waals surface area contributed by atoms with Crippen LogP contribution in [0.2, 0.25) is 0 Å². The summed E-state index contributed by atoms with van der Waals surface area (Å²) in [6.07, 6.45) is 3.53. The van der Waals surface area contributed by atoms with Gasteiger partial charge in [-0.05, 0) is 0 Å². The average Bonchev–Trinajstić information content (AvgIpc) is 1.85. The molecule has 0 radical (unpaired) electrons. The van der Waals surface area contributed by atoms with E-state index in [1.807, 2.05) is 6.92 Å². The molecule has 0 heterocycles. The van der Waals surface area contributed by atoms with Gasteiger partial charge in [0.05, 0.1) is 0 Å². The van der Waals surface area contributed by atoms with Crippen LogP contribution in [-0.2, 0) is 4.74 Å². The molecular weight excluding hydrogens is 179 g/mol. The predicted molar refractivity (Wildman–Crippen MR) is 41.9 cm³/mol. The van der Waals surface area contributed by atoms with E-state index >= 15 is 0 Å². The third-order valence-corrected chi connectivity index (χ3v) is 1.72. The summed E-state index contributed by atoms with van der Waals surface area (Å²) >= 11 is 2.91. The number of rotatable bonds is 5. The van der Waals surface area contributed by atoms with Gasteiger partial charge in [-0.2, -0.15) is 0 Å². The first-order valence-corrected chi connectivity index (χ1v) is 4.32. The summed E-state index contributed by atoms with van der Waals surface area (Å²) in [7, 11) is 0. The van der Waals surface area contributed by atoms with Crippen LogP contribution in [0.3, 0.4) is 0 Å². The quantitative estimate of drug-likeness (QED) is 0.601. The third kappa shape index (κ3) is 6.07. The molecule has 0 aromatic heterocycles. The van der Waals surface area contributed by atoms with Gasteiger partial charge >= 0.3 is 64.6 Å². The molecule has 0 saturated carbocycles. The molecule has 0 atom stereocenters. The molecule has 1 nitrogen and oxygen atoms in total. The summed E-state index contributed by atoms with van der Waals surface area (Å²) in [5, 5.41) is 0. The predicted octanol–water partition coefficient (Wildman–Crippen LogP) is 1.51. The molecule has 0 spiro atoms. The topological polar surface area (TPSA) is 9.23 Å². The maximum absolute atomic E-state index is 5.20. The van der Waals surface area contributed by atoms with Crippen molar-refractivity contribution in [2.45, 2.75) is 33.1 Å². The monoisotopic (exact) mass is 194 g/mol. The van der Waals surface area contributed by atoms with Gasteiger partial charge in [-0.25, -0.2) is 0 Å². The van der Waals surface area contributed by atoms with E-state index in [4.69, 9.17) is 4.74 Å². The zero-order chi connectivity index (χ0) is 7.11. The summed E-state index contributed by atoms with van der Waals surface area (Å²) in [5.74, 6) is 0. The van der Waals surface area contributed by atoms with E-state index in [9.17, 15) is 0 Å². The van der Waals surface area contributed by atoms with Crippen molar-refractivity contribution in [1.82, 2.24) is 0 Å². The minimum atomic E-state index is 0.784. The Morgan fingerprint density at radius 1 is 1.44 bits per heavy atom. The summed E-state index contributed by atoms with van der Waals surface area (Å²) in [4.78, 5) is 0. The Hall–Kier alpha value is 0.189. The normalized spacial score (nSPS) is 9.11. The molecule has 0 fully saturated rings.